The summed E-state index contributed by atoms with van der Waals surface area (Å²) < 4.78 is 1.03. The number of carbonyl (C=O) groups excluding carboxylic acids is 1. The number of amides is 1. The van der Waals surface area contributed by atoms with Gasteiger partial charge in [-0.25, -0.2) is 0 Å². The van der Waals surface area contributed by atoms with Crippen LogP contribution in [0.3, 0.4) is 0 Å². The molecule has 0 aromatic heterocycles. The van der Waals surface area contributed by atoms with Crippen molar-refractivity contribution < 1.29 is 4.79 Å². The predicted octanol–water partition coefficient (Wildman–Crippen LogP) is 3.45. The molecule has 0 spiro atoms. The normalized spacial score (nSPS) is 11.4. The average molecular weight is 388 g/mol. The summed E-state index contributed by atoms with van der Waals surface area (Å²) in [5.74, 6) is 0.0190. The fourth-order valence-electron chi connectivity index (χ4n) is 2.33. The zero-order valence-electron chi connectivity index (χ0n) is 13.0. The van der Waals surface area contributed by atoms with Gasteiger partial charge in [-0.1, -0.05) is 12.1 Å². The van der Waals surface area contributed by atoms with Gasteiger partial charge in [-0.2, -0.15) is 0 Å². The SMILES string of the molecule is Cc1cccc(C(=O)NCCN(C(C)C)C(C)C)c1I. The van der Waals surface area contributed by atoms with Crippen LogP contribution in [0.4, 0.5) is 0 Å². The largest absolute Gasteiger partial charge is 0.351 e. The first-order valence-corrected chi connectivity index (χ1v) is 8.21. The van der Waals surface area contributed by atoms with E-state index in [1.165, 1.54) is 0 Å². The number of carbonyl (C=O) groups is 1. The van der Waals surface area contributed by atoms with Crippen molar-refractivity contribution in [2.75, 3.05) is 13.1 Å². The third-order valence-corrected chi connectivity index (χ3v) is 4.85. The molecule has 0 saturated heterocycles. The molecule has 1 aromatic rings. The fraction of sp³-hybridized carbons (Fsp3) is 0.562. The standard InChI is InChI=1S/C16H25IN2O/c1-11(2)19(12(3)4)10-9-18-16(20)14-8-6-7-13(5)15(14)17/h6-8,11-12H,9-10H2,1-5H3,(H,18,20). The Hall–Kier alpha value is -0.620. The Labute approximate surface area is 136 Å². The Balaban J connectivity index is 2.58. The molecular weight excluding hydrogens is 363 g/mol. The summed E-state index contributed by atoms with van der Waals surface area (Å²) in [6, 6.07) is 6.82. The molecule has 0 atom stereocenters. The van der Waals surface area contributed by atoms with Crippen molar-refractivity contribution in [1.29, 1.82) is 0 Å². The maximum atomic E-state index is 12.2. The molecule has 0 saturated carbocycles. The molecule has 0 fully saturated rings. The van der Waals surface area contributed by atoms with E-state index in [1.807, 2.05) is 25.1 Å². The molecule has 0 aliphatic carbocycles. The van der Waals surface area contributed by atoms with Crippen molar-refractivity contribution in [1.82, 2.24) is 10.2 Å². The van der Waals surface area contributed by atoms with E-state index in [0.29, 0.717) is 18.6 Å². The quantitative estimate of drug-likeness (QED) is 0.758. The summed E-state index contributed by atoms with van der Waals surface area (Å²) >= 11 is 2.24. The van der Waals surface area contributed by atoms with Gasteiger partial charge in [-0.05, 0) is 68.8 Å². The minimum atomic E-state index is 0.0190. The van der Waals surface area contributed by atoms with Crippen molar-refractivity contribution in [3.63, 3.8) is 0 Å². The second kappa shape index (κ2) is 7.98. The van der Waals surface area contributed by atoms with E-state index < -0.39 is 0 Å². The summed E-state index contributed by atoms with van der Waals surface area (Å²) in [7, 11) is 0. The van der Waals surface area contributed by atoms with Gasteiger partial charge in [0, 0.05) is 28.7 Å². The topological polar surface area (TPSA) is 32.3 Å². The van der Waals surface area contributed by atoms with E-state index >= 15 is 0 Å². The van der Waals surface area contributed by atoms with Crippen molar-refractivity contribution in [3.05, 3.63) is 32.9 Å². The van der Waals surface area contributed by atoms with Gasteiger partial charge in [0.25, 0.3) is 5.91 Å². The number of rotatable bonds is 6. The highest BCUT2D eigenvalue weighted by atomic mass is 127. The van der Waals surface area contributed by atoms with Gasteiger partial charge in [0.15, 0.2) is 0 Å². The molecule has 3 nitrogen and oxygen atoms in total. The number of halogens is 1. The molecule has 1 amide bonds. The highest BCUT2D eigenvalue weighted by molar-refractivity contribution is 14.1. The molecule has 0 radical (unpaired) electrons. The van der Waals surface area contributed by atoms with Gasteiger partial charge >= 0.3 is 0 Å². The molecule has 4 heteroatoms. The predicted molar refractivity (Wildman–Crippen MR) is 93.2 cm³/mol. The number of nitrogens with one attached hydrogen (secondary N) is 1. The molecule has 0 bridgehead atoms. The molecule has 0 heterocycles. The lowest BCUT2D eigenvalue weighted by Crippen LogP contribution is -2.42. The molecule has 1 N–H and O–H groups in total. The fourth-order valence-corrected chi connectivity index (χ4v) is 2.93. The summed E-state index contributed by atoms with van der Waals surface area (Å²) in [6.45, 7) is 12.3. The first kappa shape index (κ1) is 17.4. The maximum absolute atomic E-state index is 12.2. The van der Waals surface area contributed by atoms with Crippen LogP contribution in [-0.2, 0) is 0 Å². The first-order valence-electron chi connectivity index (χ1n) is 7.13. The zero-order valence-corrected chi connectivity index (χ0v) is 15.2. The van der Waals surface area contributed by atoms with Crippen molar-refractivity contribution in [2.24, 2.45) is 0 Å². The molecule has 0 aliphatic heterocycles. The van der Waals surface area contributed by atoms with Gasteiger partial charge in [0.2, 0.25) is 0 Å². The van der Waals surface area contributed by atoms with Crippen LogP contribution in [0.5, 0.6) is 0 Å². The molecule has 112 valence electrons. The first-order chi connectivity index (χ1) is 9.34. The second-order valence-corrected chi connectivity index (χ2v) is 6.70. The molecule has 0 unspecified atom stereocenters. The van der Waals surface area contributed by atoms with E-state index in [9.17, 15) is 4.79 Å². The molecular formula is C16H25IN2O. The minimum absolute atomic E-state index is 0.0190. The highest BCUT2D eigenvalue weighted by Crippen LogP contribution is 2.16. The summed E-state index contributed by atoms with van der Waals surface area (Å²) in [5, 5.41) is 3.02. The average Bonchev–Trinajstić information content (AvgIpc) is 2.36. The Morgan fingerprint density at radius 3 is 2.40 bits per heavy atom. The maximum Gasteiger partial charge on any atom is 0.252 e. The van der Waals surface area contributed by atoms with Gasteiger partial charge in [0.1, 0.15) is 0 Å². The lowest BCUT2D eigenvalue weighted by Gasteiger charge is -2.30. The number of benzene rings is 1. The van der Waals surface area contributed by atoms with Crippen LogP contribution in [0.25, 0.3) is 0 Å². The van der Waals surface area contributed by atoms with Gasteiger partial charge < -0.3 is 5.32 Å². The van der Waals surface area contributed by atoms with E-state index in [1.54, 1.807) is 0 Å². The van der Waals surface area contributed by atoms with Gasteiger partial charge in [0.05, 0.1) is 5.56 Å². The zero-order chi connectivity index (χ0) is 15.3. The molecule has 1 rings (SSSR count). The second-order valence-electron chi connectivity index (χ2n) is 5.62. The van der Waals surface area contributed by atoms with Crippen molar-refractivity contribution in [3.8, 4) is 0 Å². The third kappa shape index (κ3) is 4.74. The Kier molecular flexibility index (Phi) is 6.95. The Bertz CT molecular complexity index is 450. The van der Waals surface area contributed by atoms with E-state index in [4.69, 9.17) is 0 Å². The number of aryl methyl sites for hydroxylation is 1. The van der Waals surface area contributed by atoms with Crippen molar-refractivity contribution in [2.45, 2.75) is 46.7 Å². The van der Waals surface area contributed by atoms with Crippen LogP contribution < -0.4 is 5.32 Å². The number of nitrogens with zero attached hydrogens (tertiary/aromatic N) is 1. The van der Waals surface area contributed by atoms with Crippen LogP contribution >= 0.6 is 22.6 Å². The minimum Gasteiger partial charge on any atom is -0.351 e. The molecule has 0 aliphatic rings. The van der Waals surface area contributed by atoms with Crippen molar-refractivity contribution >= 4 is 28.5 Å². The summed E-state index contributed by atoms with van der Waals surface area (Å²) in [5.41, 5.74) is 1.91. The van der Waals surface area contributed by atoms with Crippen LogP contribution in [0.2, 0.25) is 0 Å². The Morgan fingerprint density at radius 2 is 1.85 bits per heavy atom. The van der Waals surface area contributed by atoms with Crippen LogP contribution in [-0.4, -0.2) is 36.0 Å². The summed E-state index contributed by atoms with van der Waals surface area (Å²) in [6.07, 6.45) is 0. The van der Waals surface area contributed by atoms with Crippen LogP contribution in [0.15, 0.2) is 18.2 Å². The Morgan fingerprint density at radius 1 is 1.25 bits per heavy atom. The van der Waals surface area contributed by atoms with Crippen LogP contribution in [0.1, 0.15) is 43.6 Å². The lowest BCUT2D eigenvalue weighted by atomic mass is 10.1. The van der Waals surface area contributed by atoms with E-state index in [0.717, 1.165) is 21.2 Å². The smallest absolute Gasteiger partial charge is 0.252 e. The van der Waals surface area contributed by atoms with E-state index in [-0.39, 0.29) is 5.91 Å². The van der Waals surface area contributed by atoms with Gasteiger partial charge in [-0.15, -0.1) is 0 Å². The number of hydrogen-bond donors (Lipinski definition) is 1. The van der Waals surface area contributed by atoms with E-state index in [2.05, 4.69) is 60.5 Å². The van der Waals surface area contributed by atoms with Crippen LogP contribution in [0, 0.1) is 10.5 Å². The lowest BCUT2D eigenvalue weighted by molar-refractivity contribution is 0.0938. The molecule has 20 heavy (non-hydrogen) atoms. The highest BCUT2D eigenvalue weighted by Gasteiger charge is 2.14. The van der Waals surface area contributed by atoms with Gasteiger partial charge in [-0.3, -0.25) is 9.69 Å². The summed E-state index contributed by atoms with van der Waals surface area (Å²) in [4.78, 5) is 14.6. The number of hydrogen-bond acceptors (Lipinski definition) is 2. The monoisotopic (exact) mass is 388 g/mol. The molecule has 1 aromatic carbocycles. The third-order valence-electron chi connectivity index (χ3n) is 3.42.